The molecule has 0 aromatic heterocycles. The Hall–Kier alpha value is -3.49. The molecule has 0 fully saturated rings. The van der Waals surface area contributed by atoms with Gasteiger partial charge in [0, 0.05) is 23.4 Å². The Morgan fingerprint density at radius 1 is 1.20 bits per heavy atom. The van der Waals surface area contributed by atoms with Crippen LogP contribution < -0.4 is 19.9 Å². The molecule has 0 saturated heterocycles. The molecule has 1 aliphatic heterocycles. The van der Waals surface area contributed by atoms with Gasteiger partial charge in [-0.1, -0.05) is 11.8 Å². The molecule has 0 amide bonds. The van der Waals surface area contributed by atoms with Gasteiger partial charge in [-0.05, 0) is 12.1 Å². The Bertz CT molecular complexity index is 866. The van der Waals surface area contributed by atoms with Gasteiger partial charge in [-0.25, -0.2) is 4.79 Å². The van der Waals surface area contributed by atoms with E-state index in [1.54, 1.807) is 12.1 Å². The van der Waals surface area contributed by atoms with E-state index in [1.807, 2.05) is 0 Å². The van der Waals surface area contributed by atoms with Gasteiger partial charge in [-0.15, -0.1) is 0 Å². The van der Waals surface area contributed by atoms with Crippen molar-refractivity contribution in [1.29, 1.82) is 0 Å². The average Bonchev–Trinajstić information content (AvgIpc) is 2.91. The minimum Gasteiger partial charge on any atom is -0.871 e. The number of fused-ring (bicyclic) bond motifs is 1. The van der Waals surface area contributed by atoms with Crippen LogP contribution in [0.25, 0.3) is 0 Å². The van der Waals surface area contributed by atoms with Gasteiger partial charge in [0.15, 0.2) is 11.5 Å². The van der Waals surface area contributed by atoms with Crippen molar-refractivity contribution < 1.29 is 29.0 Å². The van der Waals surface area contributed by atoms with E-state index in [1.165, 1.54) is 14.2 Å². The summed E-state index contributed by atoms with van der Waals surface area (Å²) in [5.74, 6) is -0.536. The number of nitrogens with zero attached hydrogens (tertiary/aromatic N) is 1. The smallest absolute Gasteiger partial charge is 0.344 e. The molecular weight excluding hydrogens is 332 g/mol. The SMILES string of the molecule is COc1ccc2c(c1OC)C(=O)O[C@H]2Nc1cc([N+](=O)[O-])ccc1[O-]. The fourth-order valence-corrected chi connectivity index (χ4v) is 2.59. The Morgan fingerprint density at radius 2 is 1.96 bits per heavy atom. The molecule has 0 unspecified atom stereocenters. The standard InChI is InChI=1S/C16H14N2O7/c1-23-12-6-4-9-13(14(12)24-2)16(20)25-15(9)17-10-7-8(18(21)22)3-5-11(10)19/h3-7,15,17,19H,1-2H3/p-1/t15-/m1/s1. The first-order valence-electron chi connectivity index (χ1n) is 7.14. The largest absolute Gasteiger partial charge is 0.871 e. The highest BCUT2D eigenvalue weighted by atomic mass is 16.6. The Labute approximate surface area is 141 Å². The number of hydrogen-bond acceptors (Lipinski definition) is 8. The molecule has 0 radical (unpaired) electrons. The van der Waals surface area contributed by atoms with Crippen LogP contribution in [0.5, 0.6) is 17.2 Å². The molecule has 0 bridgehead atoms. The summed E-state index contributed by atoms with van der Waals surface area (Å²) in [6, 6.07) is 6.47. The van der Waals surface area contributed by atoms with Gasteiger partial charge in [0.2, 0.25) is 6.23 Å². The van der Waals surface area contributed by atoms with E-state index in [0.29, 0.717) is 11.3 Å². The molecule has 0 aliphatic carbocycles. The van der Waals surface area contributed by atoms with Crippen molar-refractivity contribution in [3.63, 3.8) is 0 Å². The predicted molar refractivity (Wildman–Crippen MR) is 83.9 cm³/mol. The lowest BCUT2D eigenvalue weighted by atomic mass is 10.1. The molecule has 9 nitrogen and oxygen atoms in total. The van der Waals surface area contributed by atoms with Gasteiger partial charge in [0.25, 0.3) is 5.69 Å². The number of benzene rings is 2. The summed E-state index contributed by atoms with van der Waals surface area (Å²) >= 11 is 0. The van der Waals surface area contributed by atoms with Crippen molar-refractivity contribution in [2.75, 3.05) is 19.5 Å². The lowest BCUT2D eigenvalue weighted by Gasteiger charge is -2.19. The number of nitro groups is 1. The highest BCUT2D eigenvalue weighted by Crippen LogP contribution is 2.42. The zero-order valence-electron chi connectivity index (χ0n) is 13.3. The van der Waals surface area contributed by atoms with E-state index in [4.69, 9.17) is 14.2 Å². The maximum Gasteiger partial charge on any atom is 0.344 e. The fourth-order valence-electron chi connectivity index (χ4n) is 2.59. The molecule has 9 heteroatoms. The summed E-state index contributed by atoms with van der Waals surface area (Å²) in [6.07, 6.45) is -0.975. The maximum absolute atomic E-state index is 12.2. The lowest BCUT2D eigenvalue weighted by Crippen LogP contribution is -2.12. The summed E-state index contributed by atoms with van der Waals surface area (Å²) in [6.45, 7) is 0. The molecule has 1 N–H and O–H groups in total. The van der Waals surface area contributed by atoms with Crippen molar-refractivity contribution >= 4 is 17.3 Å². The predicted octanol–water partition coefficient (Wildman–Crippen LogP) is 1.97. The average molecular weight is 345 g/mol. The number of carbonyl (C=O) groups excluding carboxylic acids is 1. The Balaban J connectivity index is 2.00. The topological polar surface area (TPSA) is 123 Å². The van der Waals surface area contributed by atoms with E-state index in [2.05, 4.69) is 5.32 Å². The number of methoxy groups -OCH3 is 2. The fraction of sp³-hybridized carbons (Fsp3) is 0.188. The molecule has 0 spiro atoms. The maximum atomic E-state index is 12.2. The summed E-state index contributed by atoms with van der Waals surface area (Å²) in [5.41, 5.74) is 0.319. The van der Waals surface area contributed by atoms with E-state index in [0.717, 1.165) is 18.2 Å². The van der Waals surface area contributed by atoms with Crippen LogP contribution in [-0.2, 0) is 4.74 Å². The second-order valence-electron chi connectivity index (χ2n) is 5.13. The second-order valence-corrected chi connectivity index (χ2v) is 5.13. The third-order valence-corrected chi connectivity index (χ3v) is 3.75. The van der Waals surface area contributed by atoms with Crippen LogP contribution in [0.15, 0.2) is 30.3 Å². The molecule has 2 aromatic rings. The quantitative estimate of drug-likeness (QED) is 0.495. The first-order valence-corrected chi connectivity index (χ1v) is 7.14. The molecule has 3 rings (SSSR count). The first kappa shape index (κ1) is 16.4. The van der Waals surface area contributed by atoms with E-state index in [-0.39, 0.29) is 22.7 Å². The molecule has 1 atom stereocenters. The summed E-state index contributed by atoms with van der Waals surface area (Å²) in [4.78, 5) is 22.4. The van der Waals surface area contributed by atoms with Crippen LogP contribution >= 0.6 is 0 Å². The number of nitro benzene ring substituents is 1. The van der Waals surface area contributed by atoms with Crippen molar-refractivity contribution in [1.82, 2.24) is 0 Å². The van der Waals surface area contributed by atoms with E-state index in [9.17, 15) is 20.0 Å². The van der Waals surface area contributed by atoms with E-state index >= 15 is 0 Å². The Morgan fingerprint density at radius 3 is 2.60 bits per heavy atom. The van der Waals surface area contributed by atoms with E-state index < -0.39 is 22.9 Å². The zero-order chi connectivity index (χ0) is 18.1. The van der Waals surface area contributed by atoms with Crippen molar-refractivity contribution in [3.05, 3.63) is 51.6 Å². The number of anilines is 1. The number of rotatable bonds is 5. The van der Waals surface area contributed by atoms with Crippen molar-refractivity contribution in [2.24, 2.45) is 0 Å². The summed E-state index contributed by atoms with van der Waals surface area (Å²) < 4.78 is 15.6. The Kier molecular flexibility index (Phi) is 4.05. The van der Waals surface area contributed by atoms with Gasteiger partial charge in [-0.3, -0.25) is 10.1 Å². The monoisotopic (exact) mass is 345 g/mol. The van der Waals surface area contributed by atoms with Crippen LogP contribution in [-0.4, -0.2) is 25.1 Å². The summed E-state index contributed by atoms with van der Waals surface area (Å²) in [5, 5.41) is 25.5. The highest BCUT2D eigenvalue weighted by Gasteiger charge is 2.36. The third-order valence-electron chi connectivity index (χ3n) is 3.75. The van der Waals surface area contributed by atoms with Crippen LogP contribution in [0.4, 0.5) is 11.4 Å². The van der Waals surface area contributed by atoms with Crippen LogP contribution in [0, 0.1) is 10.1 Å². The number of cyclic esters (lactones) is 1. The van der Waals surface area contributed by atoms with Crippen molar-refractivity contribution in [3.8, 4) is 17.2 Å². The molecule has 1 aliphatic rings. The molecule has 25 heavy (non-hydrogen) atoms. The summed E-state index contributed by atoms with van der Waals surface area (Å²) in [7, 11) is 2.83. The third kappa shape index (κ3) is 2.75. The van der Waals surface area contributed by atoms with Gasteiger partial charge in [0.1, 0.15) is 5.56 Å². The molecule has 2 aromatic carbocycles. The number of carbonyl (C=O) groups is 1. The normalized spacial score (nSPS) is 15.3. The number of nitrogens with one attached hydrogen (secondary N) is 1. The van der Waals surface area contributed by atoms with Gasteiger partial charge in [-0.2, -0.15) is 0 Å². The molecule has 0 saturated carbocycles. The van der Waals surface area contributed by atoms with Crippen LogP contribution in [0.3, 0.4) is 0 Å². The first-order chi connectivity index (χ1) is 12.0. The molecule has 130 valence electrons. The second kappa shape index (κ2) is 6.19. The molecule has 1 heterocycles. The minimum absolute atomic E-state index is 0.0466. The highest BCUT2D eigenvalue weighted by molar-refractivity contribution is 5.98. The number of hydrogen-bond donors (Lipinski definition) is 1. The minimum atomic E-state index is -0.975. The van der Waals surface area contributed by atoms with Gasteiger partial charge in [0.05, 0.1) is 19.1 Å². The van der Waals surface area contributed by atoms with Crippen molar-refractivity contribution in [2.45, 2.75) is 6.23 Å². The molecular formula is C16H13N2O7-. The number of non-ortho nitro benzene ring substituents is 1. The van der Waals surface area contributed by atoms with Crippen LogP contribution in [0.2, 0.25) is 0 Å². The van der Waals surface area contributed by atoms with Crippen LogP contribution in [0.1, 0.15) is 22.1 Å². The number of ether oxygens (including phenoxy) is 3. The lowest BCUT2D eigenvalue weighted by molar-refractivity contribution is -0.385. The number of esters is 1. The van der Waals surface area contributed by atoms with Gasteiger partial charge < -0.3 is 24.6 Å². The van der Waals surface area contributed by atoms with Gasteiger partial charge >= 0.3 is 5.97 Å². The zero-order valence-corrected chi connectivity index (χ0v) is 13.3.